The summed E-state index contributed by atoms with van der Waals surface area (Å²) in [5.74, 6) is 5.39. The Kier molecular flexibility index (Phi) is 7.08. The van der Waals surface area contributed by atoms with E-state index in [-0.39, 0.29) is 6.54 Å². The van der Waals surface area contributed by atoms with E-state index in [1.165, 1.54) is 7.11 Å². The van der Waals surface area contributed by atoms with Crippen LogP contribution in [0.5, 0.6) is 0 Å². The lowest BCUT2D eigenvalue weighted by Crippen LogP contribution is -2.43. The summed E-state index contributed by atoms with van der Waals surface area (Å²) >= 11 is 0. The highest BCUT2D eigenvalue weighted by Crippen LogP contribution is 2.20. The number of esters is 1. The zero-order chi connectivity index (χ0) is 19.9. The molecule has 0 aliphatic carbocycles. The number of nitrogens with one attached hydrogen (secondary N) is 2. The van der Waals surface area contributed by atoms with Crippen LogP contribution < -0.4 is 15.5 Å². The second kappa shape index (κ2) is 9.28. The minimum atomic E-state index is -0.562. The molecule has 1 fully saturated rings. The summed E-state index contributed by atoms with van der Waals surface area (Å²) in [6.07, 6.45) is -0.528. The van der Waals surface area contributed by atoms with Crippen LogP contribution in [0.25, 0.3) is 0 Å². The van der Waals surface area contributed by atoms with Crippen molar-refractivity contribution in [3.05, 3.63) is 29.3 Å². The summed E-state index contributed by atoms with van der Waals surface area (Å²) in [5, 5.41) is 5.89. The Morgan fingerprint density at radius 3 is 2.59 bits per heavy atom. The molecule has 2 N–H and O–H groups in total. The Labute approximate surface area is 160 Å². The molecular formula is C20H27N3O4. The lowest BCUT2D eigenvalue weighted by Gasteiger charge is -2.29. The van der Waals surface area contributed by atoms with Crippen molar-refractivity contribution in [2.24, 2.45) is 0 Å². The zero-order valence-corrected chi connectivity index (χ0v) is 16.3. The van der Waals surface area contributed by atoms with E-state index < -0.39 is 17.7 Å². The average Bonchev–Trinajstić information content (AvgIpc) is 2.64. The van der Waals surface area contributed by atoms with Gasteiger partial charge in [0, 0.05) is 37.4 Å². The van der Waals surface area contributed by atoms with Gasteiger partial charge in [-0.25, -0.2) is 9.59 Å². The summed E-state index contributed by atoms with van der Waals surface area (Å²) in [6, 6.07) is 5.52. The van der Waals surface area contributed by atoms with Crippen LogP contribution >= 0.6 is 0 Å². The van der Waals surface area contributed by atoms with Crippen molar-refractivity contribution in [1.82, 2.24) is 10.6 Å². The number of carbonyl (C=O) groups excluding carboxylic acids is 2. The molecule has 0 saturated carbocycles. The summed E-state index contributed by atoms with van der Waals surface area (Å²) in [5.41, 5.74) is 1.42. The van der Waals surface area contributed by atoms with E-state index in [9.17, 15) is 9.59 Å². The molecule has 7 heteroatoms. The van der Waals surface area contributed by atoms with Gasteiger partial charge in [-0.1, -0.05) is 11.8 Å². The van der Waals surface area contributed by atoms with Crippen molar-refractivity contribution in [3.63, 3.8) is 0 Å². The average molecular weight is 373 g/mol. The molecule has 0 atom stereocenters. The van der Waals surface area contributed by atoms with Crippen molar-refractivity contribution in [2.75, 3.05) is 44.7 Å². The predicted octanol–water partition coefficient (Wildman–Crippen LogP) is 1.76. The predicted molar refractivity (Wildman–Crippen MR) is 104 cm³/mol. The van der Waals surface area contributed by atoms with Crippen LogP contribution in [0, 0.1) is 11.8 Å². The molecule has 0 aromatic heterocycles. The first-order chi connectivity index (χ1) is 12.8. The van der Waals surface area contributed by atoms with Gasteiger partial charge in [0.15, 0.2) is 0 Å². The van der Waals surface area contributed by atoms with Crippen molar-refractivity contribution >= 4 is 17.7 Å². The topological polar surface area (TPSA) is 79.9 Å². The molecule has 1 aromatic rings. The highest BCUT2D eigenvalue weighted by Gasteiger charge is 2.16. The smallest absolute Gasteiger partial charge is 0.408 e. The van der Waals surface area contributed by atoms with Crippen LogP contribution in [0.3, 0.4) is 0 Å². The fourth-order valence-electron chi connectivity index (χ4n) is 2.61. The van der Waals surface area contributed by atoms with Gasteiger partial charge in [-0.15, -0.1) is 0 Å². The third-order valence-corrected chi connectivity index (χ3v) is 3.83. The van der Waals surface area contributed by atoms with Crippen molar-refractivity contribution in [3.8, 4) is 11.8 Å². The fraction of sp³-hybridized carbons (Fsp3) is 0.500. The molecule has 0 radical (unpaired) electrons. The maximum absolute atomic E-state index is 12.0. The molecule has 7 nitrogen and oxygen atoms in total. The van der Waals surface area contributed by atoms with Gasteiger partial charge in [0.2, 0.25) is 0 Å². The number of nitrogens with zero attached hydrogens (tertiary/aromatic N) is 1. The molecule has 0 spiro atoms. The first kappa shape index (κ1) is 20.6. The van der Waals surface area contributed by atoms with Gasteiger partial charge < -0.3 is 25.0 Å². The molecule has 1 amide bonds. The normalized spacial score (nSPS) is 14.0. The number of hydrogen-bond acceptors (Lipinski definition) is 6. The van der Waals surface area contributed by atoms with E-state index >= 15 is 0 Å². The first-order valence-electron chi connectivity index (χ1n) is 8.94. The molecule has 1 aliphatic rings. The first-order valence-corrected chi connectivity index (χ1v) is 8.94. The van der Waals surface area contributed by atoms with Crippen LogP contribution in [0.4, 0.5) is 10.5 Å². The Balaban J connectivity index is 2.13. The number of alkyl carbamates (subject to hydrolysis) is 1. The lowest BCUT2D eigenvalue weighted by atomic mass is 10.1. The van der Waals surface area contributed by atoms with E-state index in [1.807, 2.05) is 12.1 Å². The molecule has 1 heterocycles. The summed E-state index contributed by atoms with van der Waals surface area (Å²) in [4.78, 5) is 25.9. The summed E-state index contributed by atoms with van der Waals surface area (Å²) in [6.45, 7) is 9.12. The molecule has 1 aromatic carbocycles. The fourth-order valence-corrected chi connectivity index (χ4v) is 2.61. The van der Waals surface area contributed by atoms with Gasteiger partial charge in [-0.2, -0.15) is 0 Å². The van der Waals surface area contributed by atoms with Crippen LogP contribution in [0.1, 0.15) is 36.7 Å². The van der Waals surface area contributed by atoms with Crippen LogP contribution in [0.2, 0.25) is 0 Å². The zero-order valence-electron chi connectivity index (χ0n) is 16.3. The van der Waals surface area contributed by atoms with Crippen molar-refractivity contribution in [2.45, 2.75) is 26.4 Å². The number of piperazine rings is 1. The van der Waals surface area contributed by atoms with Gasteiger partial charge in [0.1, 0.15) is 5.60 Å². The highest BCUT2D eigenvalue weighted by molar-refractivity contribution is 5.93. The van der Waals surface area contributed by atoms with Crippen molar-refractivity contribution in [1.29, 1.82) is 0 Å². The number of benzene rings is 1. The van der Waals surface area contributed by atoms with E-state index in [4.69, 9.17) is 9.47 Å². The number of amides is 1. The number of hydrogen-bond donors (Lipinski definition) is 2. The third-order valence-electron chi connectivity index (χ3n) is 3.83. The highest BCUT2D eigenvalue weighted by atomic mass is 16.6. The van der Waals surface area contributed by atoms with Crippen LogP contribution in [0.15, 0.2) is 18.2 Å². The number of rotatable bonds is 3. The number of carbonyl (C=O) groups is 2. The van der Waals surface area contributed by atoms with Crippen LogP contribution in [-0.4, -0.2) is 57.5 Å². The molecule has 27 heavy (non-hydrogen) atoms. The number of anilines is 1. The monoisotopic (exact) mass is 373 g/mol. The Bertz CT molecular complexity index is 738. The summed E-state index contributed by atoms with van der Waals surface area (Å²) < 4.78 is 10.0. The van der Waals surface area contributed by atoms with E-state index in [1.54, 1.807) is 26.8 Å². The standard InChI is InChI=1S/C20H27N3O4/c1-20(2,3)27-19(25)22-9-5-6-15-14-16(23-12-10-21-11-13-23)7-8-17(15)18(24)26-4/h7-8,14,21H,9-13H2,1-4H3,(H,22,25). The van der Waals surface area contributed by atoms with Gasteiger partial charge >= 0.3 is 12.1 Å². The third kappa shape index (κ3) is 6.50. The van der Waals surface area contributed by atoms with Crippen molar-refractivity contribution < 1.29 is 19.1 Å². The van der Waals surface area contributed by atoms with Gasteiger partial charge in [0.05, 0.1) is 19.2 Å². The lowest BCUT2D eigenvalue weighted by molar-refractivity contribution is 0.0533. The summed E-state index contributed by atoms with van der Waals surface area (Å²) in [7, 11) is 1.34. The minimum Gasteiger partial charge on any atom is -0.465 e. The maximum Gasteiger partial charge on any atom is 0.408 e. The number of methoxy groups -OCH3 is 1. The molecule has 1 saturated heterocycles. The molecule has 0 bridgehead atoms. The SMILES string of the molecule is COC(=O)c1ccc(N2CCNCC2)cc1C#CCNC(=O)OC(C)(C)C. The van der Waals surface area contributed by atoms with E-state index in [0.29, 0.717) is 11.1 Å². The molecule has 2 rings (SSSR count). The maximum atomic E-state index is 12.0. The Morgan fingerprint density at radius 2 is 1.96 bits per heavy atom. The Hall–Kier alpha value is -2.72. The van der Waals surface area contributed by atoms with Gasteiger partial charge in [0.25, 0.3) is 0 Å². The van der Waals surface area contributed by atoms with Gasteiger partial charge in [-0.05, 0) is 39.0 Å². The minimum absolute atomic E-state index is 0.118. The second-order valence-electron chi connectivity index (χ2n) is 7.12. The largest absolute Gasteiger partial charge is 0.465 e. The van der Waals surface area contributed by atoms with E-state index in [0.717, 1.165) is 31.9 Å². The molecule has 146 valence electrons. The number of ether oxygens (including phenoxy) is 2. The molecule has 1 aliphatic heterocycles. The van der Waals surface area contributed by atoms with Gasteiger partial charge in [-0.3, -0.25) is 0 Å². The molecular weight excluding hydrogens is 346 g/mol. The van der Waals surface area contributed by atoms with E-state index in [2.05, 4.69) is 27.4 Å². The van der Waals surface area contributed by atoms with Crippen LogP contribution in [-0.2, 0) is 9.47 Å². The molecule has 0 unspecified atom stereocenters. The quantitative estimate of drug-likeness (QED) is 0.621. The Morgan fingerprint density at radius 1 is 1.26 bits per heavy atom. The second-order valence-corrected chi connectivity index (χ2v) is 7.12.